The van der Waals surface area contributed by atoms with E-state index in [-0.39, 0.29) is 5.56 Å². The Hall–Kier alpha value is -3.08. The number of carbonyl (C=O) groups is 1. The molecule has 0 saturated carbocycles. The Morgan fingerprint density at radius 3 is 2.67 bits per heavy atom. The first-order valence-corrected chi connectivity index (χ1v) is 6.22. The Morgan fingerprint density at radius 1 is 1.10 bits per heavy atom. The number of aromatic carboxylic acids is 1. The summed E-state index contributed by atoms with van der Waals surface area (Å²) in [5.74, 6) is -1.05. The molecule has 0 aliphatic heterocycles. The van der Waals surface area contributed by atoms with Crippen LogP contribution in [0.3, 0.4) is 0 Å². The number of anilines is 1. The van der Waals surface area contributed by atoms with Gasteiger partial charge in [-0.1, -0.05) is 12.1 Å². The predicted molar refractivity (Wildman–Crippen MR) is 79.3 cm³/mol. The maximum atomic E-state index is 12.1. The van der Waals surface area contributed by atoms with Crippen LogP contribution in [0, 0.1) is 0 Å². The lowest BCUT2D eigenvalue weighted by Crippen LogP contribution is -2.04. The van der Waals surface area contributed by atoms with E-state index in [0.717, 1.165) is 5.39 Å². The standard InChI is InChI=1S/C16H11NO4/c17-12-5-4-10-7-13(16(20)21-14(10)8-12)9-2-1-3-11(6-9)15(18)19/h1-8H,17H2,(H,18,19). The Labute approximate surface area is 119 Å². The molecule has 0 unspecified atom stereocenters. The summed E-state index contributed by atoms with van der Waals surface area (Å²) in [6.07, 6.45) is 0. The highest BCUT2D eigenvalue weighted by Gasteiger charge is 2.10. The molecular formula is C16H11NO4. The van der Waals surface area contributed by atoms with E-state index >= 15 is 0 Å². The first kappa shape index (κ1) is 12.9. The maximum Gasteiger partial charge on any atom is 0.344 e. The second kappa shape index (κ2) is 4.79. The molecule has 0 saturated heterocycles. The third kappa shape index (κ3) is 2.36. The molecule has 0 amide bonds. The number of nitrogen functional groups attached to an aromatic ring is 1. The molecule has 0 aliphatic rings. The van der Waals surface area contributed by atoms with Crippen LogP contribution >= 0.6 is 0 Å². The van der Waals surface area contributed by atoms with Crippen molar-refractivity contribution < 1.29 is 14.3 Å². The van der Waals surface area contributed by atoms with Crippen LogP contribution in [0.2, 0.25) is 0 Å². The monoisotopic (exact) mass is 281 g/mol. The number of carboxylic acid groups (broad SMARTS) is 1. The van der Waals surface area contributed by atoms with E-state index in [1.54, 1.807) is 36.4 Å². The van der Waals surface area contributed by atoms with Crippen molar-refractivity contribution in [1.29, 1.82) is 0 Å². The van der Waals surface area contributed by atoms with Crippen molar-refractivity contribution in [2.45, 2.75) is 0 Å². The minimum atomic E-state index is -1.05. The summed E-state index contributed by atoms with van der Waals surface area (Å²) in [4.78, 5) is 23.1. The molecule has 2 aromatic carbocycles. The summed E-state index contributed by atoms with van der Waals surface area (Å²) in [5, 5.41) is 9.73. The van der Waals surface area contributed by atoms with Gasteiger partial charge in [0.05, 0.1) is 11.1 Å². The summed E-state index contributed by atoms with van der Waals surface area (Å²) in [5.41, 5.74) is 6.96. The fraction of sp³-hybridized carbons (Fsp3) is 0. The molecular weight excluding hydrogens is 270 g/mol. The minimum Gasteiger partial charge on any atom is -0.478 e. The van der Waals surface area contributed by atoms with E-state index < -0.39 is 11.6 Å². The molecule has 0 bridgehead atoms. The van der Waals surface area contributed by atoms with E-state index in [1.807, 2.05) is 0 Å². The minimum absolute atomic E-state index is 0.115. The van der Waals surface area contributed by atoms with Crippen LogP contribution in [-0.2, 0) is 0 Å². The Balaban J connectivity index is 2.23. The van der Waals surface area contributed by atoms with Crippen LogP contribution < -0.4 is 11.4 Å². The van der Waals surface area contributed by atoms with E-state index in [2.05, 4.69) is 0 Å². The Kier molecular flexibility index (Phi) is 2.95. The topological polar surface area (TPSA) is 93.5 Å². The first-order chi connectivity index (χ1) is 10.0. The van der Waals surface area contributed by atoms with Crippen molar-refractivity contribution in [2.24, 2.45) is 0 Å². The molecule has 0 fully saturated rings. The average molecular weight is 281 g/mol. The fourth-order valence-corrected chi connectivity index (χ4v) is 2.15. The molecule has 1 aromatic heterocycles. The number of carboxylic acids is 1. The van der Waals surface area contributed by atoms with Crippen molar-refractivity contribution in [3.05, 3.63) is 64.5 Å². The SMILES string of the molecule is Nc1ccc2cc(-c3cccc(C(=O)O)c3)c(=O)oc2c1. The van der Waals surface area contributed by atoms with Crippen molar-refractivity contribution in [3.8, 4) is 11.1 Å². The van der Waals surface area contributed by atoms with E-state index in [9.17, 15) is 9.59 Å². The molecule has 0 radical (unpaired) electrons. The van der Waals surface area contributed by atoms with E-state index in [1.165, 1.54) is 12.1 Å². The predicted octanol–water partition coefficient (Wildman–Crippen LogP) is 2.74. The summed E-state index contributed by atoms with van der Waals surface area (Å²) < 4.78 is 5.25. The lowest BCUT2D eigenvalue weighted by molar-refractivity contribution is 0.0697. The zero-order valence-electron chi connectivity index (χ0n) is 10.9. The van der Waals surface area contributed by atoms with Crippen LogP contribution in [0.4, 0.5) is 5.69 Å². The molecule has 5 nitrogen and oxygen atoms in total. The molecule has 0 atom stereocenters. The summed E-state index contributed by atoms with van der Waals surface area (Å²) in [6.45, 7) is 0. The van der Waals surface area contributed by atoms with Crippen LogP contribution in [-0.4, -0.2) is 11.1 Å². The summed E-state index contributed by atoms with van der Waals surface area (Å²) in [6, 6.07) is 12.9. The van der Waals surface area contributed by atoms with Gasteiger partial charge in [0.1, 0.15) is 5.58 Å². The van der Waals surface area contributed by atoms with Crippen LogP contribution in [0.5, 0.6) is 0 Å². The fourth-order valence-electron chi connectivity index (χ4n) is 2.15. The molecule has 1 heterocycles. The summed E-state index contributed by atoms with van der Waals surface area (Å²) in [7, 11) is 0. The number of rotatable bonds is 2. The molecule has 21 heavy (non-hydrogen) atoms. The zero-order valence-corrected chi connectivity index (χ0v) is 10.9. The van der Waals surface area contributed by atoms with Gasteiger partial charge in [-0.15, -0.1) is 0 Å². The normalized spacial score (nSPS) is 10.7. The van der Waals surface area contributed by atoms with Gasteiger partial charge in [0, 0.05) is 17.1 Å². The molecule has 0 spiro atoms. The lowest BCUT2D eigenvalue weighted by atomic mass is 10.0. The third-order valence-corrected chi connectivity index (χ3v) is 3.18. The summed E-state index contributed by atoms with van der Waals surface area (Å²) >= 11 is 0. The van der Waals surface area contributed by atoms with E-state index in [0.29, 0.717) is 22.4 Å². The van der Waals surface area contributed by atoms with Crippen LogP contribution in [0.15, 0.2) is 57.7 Å². The lowest BCUT2D eigenvalue weighted by Gasteiger charge is -2.04. The van der Waals surface area contributed by atoms with Gasteiger partial charge in [0.2, 0.25) is 0 Å². The van der Waals surface area contributed by atoms with Crippen LogP contribution in [0.1, 0.15) is 10.4 Å². The van der Waals surface area contributed by atoms with Gasteiger partial charge < -0.3 is 15.3 Å². The average Bonchev–Trinajstić information content (AvgIpc) is 2.46. The number of fused-ring (bicyclic) bond motifs is 1. The molecule has 3 rings (SSSR count). The smallest absolute Gasteiger partial charge is 0.344 e. The molecule has 3 aromatic rings. The van der Waals surface area contributed by atoms with Gasteiger partial charge in [-0.3, -0.25) is 0 Å². The van der Waals surface area contributed by atoms with Gasteiger partial charge >= 0.3 is 11.6 Å². The second-order valence-electron chi connectivity index (χ2n) is 4.63. The highest BCUT2D eigenvalue weighted by Crippen LogP contribution is 2.23. The van der Waals surface area contributed by atoms with Gasteiger partial charge in [-0.2, -0.15) is 0 Å². The highest BCUT2D eigenvalue weighted by atomic mass is 16.4. The van der Waals surface area contributed by atoms with Gasteiger partial charge in [0.25, 0.3) is 0 Å². The molecule has 0 aliphatic carbocycles. The Morgan fingerprint density at radius 2 is 1.90 bits per heavy atom. The molecule has 104 valence electrons. The third-order valence-electron chi connectivity index (χ3n) is 3.18. The van der Waals surface area contributed by atoms with Crippen molar-refractivity contribution in [1.82, 2.24) is 0 Å². The number of hydrogen-bond donors (Lipinski definition) is 2. The first-order valence-electron chi connectivity index (χ1n) is 6.22. The zero-order chi connectivity index (χ0) is 15.0. The van der Waals surface area contributed by atoms with Crippen molar-refractivity contribution >= 4 is 22.6 Å². The highest BCUT2D eigenvalue weighted by molar-refractivity contribution is 5.90. The maximum absolute atomic E-state index is 12.1. The van der Waals surface area contributed by atoms with Crippen molar-refractivity contribution in [2.75, 3.05) is 5.73 Å². The largest absolute Gasteiger partial charge is 0.478 e. The number of benzene rings is 2. The second-order valence-corrected chi connectivity index (χ2v) is 4.63. The number of hydrogen-bond acceptors (Lipinski definition) is 4. The van der Waals surface area contributed by atoms with Gasteiger partial charge in [0.15, 0.2) is 0 Å². The van der Waals surface area contributed by atoms with Gasteiger partial charge in [-0.05, 0) is 35.9 Å². The van der Waals surface area contributed by atoms with Crippen molar-refractivity contribution in [3.63, 3.8) is 0 Å². The number of nitrogens with two attached hydrogens (primary N) is 1. The Bertz CT molecular complexity index is 912. The molecule has 3 N–H and O–H groups in total. The van der Waals surface area contributed by atoms with Crippen LogP contribution in [0.25, 0.3) is 22.1 Å². The van der Waals surface area contributed by atoms with E-state index in [4.69, 9.17) is 15.3 Å². The quantitative estimate of drug-likeness (QED) is 0.556. The van der Waals surface area contributed by atoms with Gasteiger partial charge in [-0.25, -0.2) is 9.59 Å². The molecule has 5 heteroatoms.